The van der Waals surface area contributed by atoms with Crippen LogP contribution in [0, 0.1) is 0 Å². The number of hydrogen-bond acceptors (Lipinski definition) is 5. The summed E-state index contributed by atoms with van der Waals surface area (Å²) < 4.78 is 34.3. The van der Waals surface area contributed by atoms with Crippen LogP contribution >= 0.6 is 0 Å². The van der Waals surface area contributed by atoms with Crippen LogP contribution in [0.1, 0.15) is 31.2 Å². The molecule has 1 fully saturated rings. The van der Waals surface area contributed by atoms with E-state index in [0.29, 0.717) is 25.8 Å². The number of fused-ring (bicyclic) bond motifs is 1. The Balaban J connectivity index is 1.71. The second kappa shape index (κ2) is 7.09. The lowest BCUT2D eigenvalue weighted by Gasteiger charge is -2.29. The lowest BCUT2D eigenvalue weighted by Crippen LogP contribution is -2.36. The molecule has 0 amide bonds. The molecule has 3 rings (SSSR count). The number of sulfone groups is 1. The fourth-order valence-electron chi connectivity index (χ4n) is 3.36. The second-order valence-electron chi connectivity index (χ2n) is 6.52. The molecule has 1 saturated carbocycles. The Morgan fingerprint density at radius 3 is 2.52 bits per heavy atom. The molecule has 0 saturated heterocycles. The summed E-state index contributed by atoms with van der Waals surface area (Å²) >= 11 is 0. The molecule has 1 aromatic carbocycles. The summed E-state index contributed by atoms with van der Waals surface area (Å²) in [5, 5.41) is 0. The van der Waals surface area contributed by atoms with E-state index in [2.05, 4.69) is 11.0 Å². The van der Waals surface area contributed by atoms with Gasteiger partial charge in [0.25, 0.3) is 0 Å². The molecule has 23 heavy (non-hydrogen) atoms. The molecule has 1 aliphatic carbocycles. The Morgan fingerprint density at radius 2 is 1.83 bits per heavy atom. The summed E-state index contributed by atoms with van der Waals surface area (Å²) in [6.45, 7) is 2.53. The van der Waals surface area contributed by atoms with E-state index in [1.54, 1.807) is 0 Å². The molecule has 0 bridgehead atoms. The lowest BCUT2D eigenvalue weighted by molar-refractivity contribution is 0.170. The van der Waals surface area contributed by atoms with E-state index < -0.39 is 9.84 Å². The van der Waals surface area contributed by atoms with Crippen LogP contribution in [0.5, 0.6) is 11.5 Å². The lowest BCUT2D eigenvalue weighted by atomic mass is 10.1. The van der Waals surface area contributed by atoms with Crippen LogP contribution < -0.4 is 9.47 Å². The number of rotatable bonds is 6. The van der Waals surface area contributed by atoms with Gasteiger partial charge in [0.15, 0.2) is 11.5 Å². The van der Waals surface area contributed by atoms with Crippen molar-refractivity contribution in [2.24, 2.45) is 0 Å². The number of nitrogens with zero attached hydrogens (tertiary/aromatic N) is 1. The van der Waals surface area contributed by atoms with Gasteiger partial charge >= 0.3 is 0 Å². The zero-order chi connectivity index (χ0) is 16.3. The van der Waals surface area contributed by atoms with E-state index in [1.807, 2.05) is 12.1 Å². The topological polar surface area (TPSA) is 55.8 Å². The van der Waals surface area contributed by atoms with Crippen LogP contribution in [0.2, 0.25) is 0 Å². The molecule has 1 aromatic rings. The standard InChI is InChI=1S/C17H25NO4S/c1-23(19,20)11-8-18(15-4-2-3-5-15)13-14-6-7-16-17(12-14)22-10-9-21-16/h6-7,12,15H,2-5,8-11,13H2,1H3. The maximum Gasteiger partial charge on any atom is 0.161 e. The highest BCUT2D eigenvalue weighted by molar-refractivity contribution is 7.90. The Labute approximate surface area is 138 Å². The van der Waals surface area contributed by atoms with Gasteiger partial charge < -0.3 is 9.47 Å². The van der Waals surface area contributed by atoms with E-state index in [-0.39, 0.29) is 5.75 Å². The summed E-state index contributed by atoms with van der Waals surface area (Å²) in [6.07, 6.45) is 6.11. The van der Waals surface area contributed by atoms with Crippen LogP contribution in [0.15, 0.2) is 18.2 Å². The highest BCUT2D eigenvalue weighted by Gasteiger charge is 2.24. The molecule has 0 aromatic heterocycles. The first-order valence-corrected chi connectivity index (χ1v) is 10.4. The van der Waals surface area contributed by atoms with Crippen molar-refractivity contribution in [1.29, 1.82) is 0 Å². The smallest absolute Gasteiger partial charge is 0.161 e. The van der Waals surface area contributed by atoms with Crippen molar-refractivity contribution in [3.8, 4) is 11.5 Å². The highest BCUT2D eigenvalue weighted by Crippen LogP contribution is 2.32. The van der Waals surface area contributed by atoms with Gasteiger partial charge in [0.05, 0.1) is 5.75 Å². The zero-order valence-electron chi connectivity index (χ0n) is 13.7. The second-order valence-corrected chi connectivity index (χ2v) is 8.78. The molecule has 0 radical (unpaired) electrons. The molecule has 128 valence electrons. The predicted octanol–water partition coefficient (Wildman–Crippen LogP) is 2.25. The fraction of sp³-hybridized carbons (Fsp3) is 0.647. The van der Waals surface area contributed by atoms with Crippen molar-refractivity contribution in [2.75, 3.05) is 31.8 Å². The monoisotopic (exact) mass is 339 g/mol. The van der Waals surface area contributed by atoms with E-state index >= 15 is 0 Å². The summed E-state index contributed by atoms with van der Waals surface area (Å²) in [7, 11) is -2.94. The van der Waals surface area contributed by atoms with Crippen LogP contribution in [0.25, 0.3) is 0 Å². The summed E-state index contributed by atoms with van der Waals surface area (Å²) in [6, 6.07) is 6.52. The zero-order valence-corrected chi connectivity index (χ0v) is 14.5. The molecule has 5 nitrogen and oxygen atoms in total. The maximum atomic E-state index is 11.5. The fourth-order valence-corrected chi connectivity index (χ4v) is 3.93. The van der Waals surface area contributed by atoms with Gasteiger partial charge in [0, 0.05) is 25.4 Å². The number of benzene rings is 1. The predicted molar refractivity (Wildman–Crippen MR) is 89.8 cm³/mol. The molecule has 2 aliphatic rings. The van der Waals surface area contributed by atoms with Crippen molar-refractivity contribution in [2.45, 2.75) is 38.3 Å². The summed E-state index contributed by atoms with van der Waals surface area (Å²) in [5.41, 5.74) is 1.15. The maximum absolute atomic E-state index is 11.5. The van der Waals surface area contributed by atoms with Crippen molar-refractivity contribution in [3.05, 3.63) is 23.8 Å². The van der Waals surface area contributed by atoms with Gasteiger partial charge in [-0.2, -0.15) is 0 Å². The van der Waals surface area contributed by atoms with Gasteiger partial charge in [-0.1, -0.05) is 18.9 Å². The normalized spacial score (nSPS) is 18.5. The average molecular weight is 339 g/mol. The van der Waals surface area contributed by atoms with Crippen LogP contribution in [0.3, 0.4) is 0 Å². The Kier molecular flexibility index (Phi) is 5.11. The SMILES string of the molecule is CS(=O)(=O)CCN(Cc1ccc2c(c1)OCCO2)C1CCCC1. The highest BCUT2D eigenvalue weighted by atomic mass is 32.2. The van der Waals surface area contributed by atoms with Gasteiger partial charge in [0.1, 0.15) is 23.1 Å². The van der Waals surface area contributed by atoms with Gasteiger partial charge in [0.2, 0.25) is 0 Å². The van der Waals surface area contributed by atoms with Crippen LogP contribution in [-0.4, -0.2) is 51.1 Å². The van der Waals surface area contributed by atoms with Gasteiger partial charge in [-0.15, -0.1) is 0 Å². The first-order chi connectivity index (χ1) is 11.0. The van der Waals surface area contributed by atoms with Crippen molar-refractivity contribution in [3.63, 3.8) is 0 Å². The number of hydrogen-bond donors (Lipinski definition) is 0. The third kappa shape index (κ3) is 4.61. The average Bonchev–Trinajstić information content (AvgIpc) is 3.04. The molecule has 1 aliphatic heterocycles. The first kappa shape index (κ1) is 16.6. The Bertz CT molecular complexity index is 638. The molecule has 0 unspecified atom stereocenters. The summed E-state index contributed by atoms with van der Waals surface area (Å²) in [4.78, 5) is 2.32. The Morgan fingerprint density at radius 1 is 1.13 bits per heavy atom. The van der Waals surface area contributed by atoms with Crippen molar-refractivity contribution < 1.29 is 17.9 Å². The largest absolute Gasteiger partial charge is 0.486 e. The summed E-state index contributed by atoms with van der Waals surface area (Å²) in [5.74, 6) is 1.81. The first-order valence-electron chi connectivity index (χ1n) is 8.31. The van der Waals surface area contributed by atoms with E-state index in [1.165, 1.54) is 19.1 Å². The van der Waals surface area contributed by atoms with Gasteiger partial charge in [-0.25, -0.2) is 8.42 Å². The number of ether oxygens (including phenoxy) is 2. The molecule has 0 N–H and O–H groups in total. The third-order valence-corrected chi connectivity index (χ3v) is 5.51. The Hall–Kier alpha value is -1.27. The van der Waals surface area contributed by atoms with Crippen LogP contribution in [0.4, 0.5) is 0 Å². The van der Waals surface area contributed by atoms with Gasteiger partial charge in [-0.05, 0) is 30.5 Å². The molecule has 6 heteroatoms. The molecule has 1 heterocycles. The van der Waals surface area contributed by atoms with E-state index in [9.17, 15) is 8.42 Å². The van der Waals surface area contributed by atoms with Crippen LogP contribution in [-0.2, 0) is 16.4 Å². The third-order valence-electron chi connectivity index (χ3n) is 4.58. The molecule has 0 spiro atoms. The quantitative estimate of drug-likeness (QED) is 0.796. The van der Waals surface area contributed by atoms with E-state index in [0.717, 1.165) is 36.4 Å². The molecular weight excluding hydrogens is 314 g/mol. The minimum Gasteiger partial charge on any atom is -0.486 e. The van der Waals surface area contributed by atoms with Crippen molar-refractivity contribution >= 4 is 9.84 Å². The minimum atomic E-state index is -2.94. The molecule has 0 atom stereocenters. The van der Waals surface area contributed by atoms with Gasteiger partial charge in [-0.3, -0.25) is 4.90 Å². The minimum absolute atomic E-state index is 0.216. The van der Waals surface area contributed by atoms with Crippen molar-refractivity contribution in [1.82, 2.24) is 4.90 Å². The molecular formula is C17H25NO4S. The van der Waals surface area contributed by atoms with E-state index in [4.69, 9.17) is 9.47 Å².